The number of halogens is 1. The van der Waals surface area contributed by atoms with E-state index in [1.807, 2.05) is 0 Å². The van der Waals surface area contributed by atoms with Crippen LogP contribution in [0.3, 0.4) is 0 Å². The van der Waals surface area contributed by atoms with Gasteiger partial charge >= 0.3 is 5.69 Å². The average Bonchev–Trinajstić information content (AvgIpc) is 2.62. The number of nitro groups is 1. The second-order valence-corrected chi connectivity index (χ2v) is 4.48. The van der Waals surface area contributed by atoms with Crippen molar-refractivity contribution < 1.29 is 10.0 Å². The molecular weight excluding hydrogens is 274 g/mol. The van der Waals surface area contributed by atoms with Crippen molar-refractivity contribution in [1.82, 2.24) is 9.97 Å². The first kappa shape index (κ1) is 13.2. The highest BCUT2D eigenvalue weighted by atomic mass is 35.5. The van der Waals surface area contributed by atoms with Crippen LogP contribution in [0.25, 0.3) is 0 Å². The van der Waals surface area contributed by atoms with Crippen molar-refractivity contribution >= 4 is 17.3 Å². The van der Waals surface area contributed by atoms with Crippen molar-refractivity contribution in [3.05, 3.63) is 54.6 Å². The summed E-state index contributed by atoms with van der Waals surface area (Å²) in [6.07, 6.45) is 0.000880. The minimum Gasteiger partial charge on any atom is -0.493 e. The van der Waals surface area contributed by atoms with E-state index in [1.165, 1.54) is 12.1 Å². The molecule has 2 aromatic rings. The Labute approximate surface area is 112 Å². The van der Waals surface area contributed by atoms with Crippen molar-refractivity contribution in [3.63, 3.8) is 0 Å². The number of aromatic amines is 2. The van der Waals surface area contributed by atoms with E-state index in [0.29, 0.717) is 16.1 Å². The Kier molecular flexibility index (Phi) is 3.30. The number of imidazole rings is 1. The van der Waals surface area contributed by atoms with E-state index in [0.717, 1.165) is 0 Å². The maximum absolute atomic E-state index is 11.0. The summed E-state index contributed by atoms with van der Waals surface area (Å²) in [5.74, 6) is -0.337. The molecule has 0 spiro atoms. The Morgan fingerprint density at radius 1 is 1.42 bits per heavy atom. The summed E-state index contributed by atoms with van der Waals surface area (Å²) in [7, 11) is 0. The van der Waals surface area contributed by atoms with Gasteiger partial charge in [0.25, 0.3) is 5.69 Å². The lowest BCUT2D eigenvalue weighted by molar-refractivity contribution is -0.385. The third kappa shape index (κ3) is 2.60. The van der Waals surface area contributed by atoms with E-state index < -0.39 is 10.6 Å². The average molecular weight is 284 g/mol. The standard InChI is InChI=1S/C11H10ClN3O4/c1-5-2-9(15(18)19)6(3-7(5)12)4-8-10(16)14-11(17)13-8/h2-3,16H,4H2,1H3,(H2,13,14,17). The minimum absolute atomic E-state index is 0.000880. The van der Waals surface area contributed by atoms with Gasteiger partial charge in [0.1, 0.15) is 0 Å². The molecule has 0 unspecified atom stereocenters. The zero-order chi connectivity index (χ0) is 14.2. The molecule has 0 amide bonds. The van der Waals surface area contributed by atoms with Gasteiger partial charge in [0, 0.05) is 23.1 Å². The fourth-order valence-corrected chi connectivity index (χ4v) is 1.93. The van der Waals surface area contributed by atoms with Crippen LogP contribution in [-0.4, -0.2) is 20.0 Å². The number of nitrogens with one attached hydrogen (secondary N) is 2. The molecule has 2 rings (SSSR count). The first-order valence-corrected chi connectivity index (χ1v) is 5.70. The summed E-state index contributed by atoms with van der Waals surface area (Å²) in [6, 6.07) is 2.82. The molecule has 0 fully saturated rings. The molecule has 100 valence electrons. The maximum atomic E-state index is 11.0. The second-order valence-electron chi connectivity index (χ2n) is 4.07. The van der Waals surface area contributed by atoms with Crippen LogP contribution in [0.5, 0.6) is 5.88 Å². The highest BCUT2D eigenvalue weighted by Gasteiger charge is 2.18. The molecular formula is C11H10ClN3O4. The number of aromatic hydroxyl groups is 1. The van der Waals surface area contributed by atoms with Gasteiger partial charge in [0.05, 0.1) is 10.6 Å². The second kappa shape index (κ2) is 4.77. The van der Waals surface area contributed by atoms with Gasteiger partial charge in [-0.1, -0.05) is 11.6 Å². The molecule has 1 aromatic heterocycles. The molecule has 1 heterocycles. The van der Waals surface area contributed by atoms with Gasteiger partial charge in [-0.25, -0.2) is 4.79 Å². The number of rotatable bonds is 3. The van der Waals surface area contributed by atoms with Gasteiger partial charge in [0.15, 0.2) is 0 Å². The van der Waals surface area contributed by atoms with Gasteiger partial charge < -0.3 is 10.1 Å². The fourth-order valence-electron chi connectivity index (χ4n) is 1.75. The summed E-state index contributed by atoms with van der Waals surface area (Å²) >= 11 is 5.94. The van der Waals surface area contributed by atoms with Crippen molar-refractivity contribution in [3.8, 4) is 5.88 Å². The summed E-state index contributed by atoms with van der Waals surface area (Å²) in [4.78, 5) is 26.0. The minimum atomic E-state index is -0.576. The molecule has 7 nitrogen and oxygen atoms in total. The van der Waals surface area contributed by atoms with Crippen LogP contribution in [0.4, 0.5) is 5.69 Å². The Balaban J connectivity index is 2.50. The monoisotopic (exact) mass is 283 g/mol. The van der Waals surface area contributed by atoms with Gasteiger partial charge in [-0.05, 0) is 18.6 Å². The quantitative estimate of drug-likeness (QED) is 0.589. The van der Waals surface area contributed by atoms with Crippen LogP contribution in [0.15, 0.2) is 16.9 Å². The predicted octanol–water partition coefficient (Wildman–Crippen LogP) is 1.87. The van der Waals surface area contributed by atoms with Gasteiger partial charge in [0.2, 0.25) is 5.88 Å². The smallest absolute Gasteiger partial charge is 0.325 e. The van der Waals surface area contributed by atoms with E-state index in [4.69, 9.17) is 11.6 Å². The molecule has 0 radical (unpaired) electrons. The molecule has 0 atom stereocenters. The third-order valence-electron chi connectivity index (χ3n) is 2.71. The van der Waals surface area contributed by atoms with Crippen molar-refractivity contribution in [2.45, 2.75) is 13.3 Å². The molecule has 8 heteroatoms. The number of nitrogens with zero attached hydrogens (tertiary/aromatic N) is 1. The lowest BCUT2D eigenvalue weighted by atomic mass is 10.1. The number of H-pyrrole nitrogens is 2. The first-order chi connectivity index (χ1) is 8.88. The molecule has 0 bridgehead atoms. The number of nitro benzene ring substituents is 1. The van der Waals surface area contributed by atoms with E-state index in [2.05, 4.69) is 9.97 Å². The Morgan fingerprint density at radius 3 is 2.63 bits per heavy atom. The number of hydrogen-bond acceptors (Lipinski definition) is 4. The molecule has 0 saturated carbocycles. The molecule has 0 aliphatic carbocycles. The van der Waals surface area contributed by atoms with Crippen molar-refractivity contribution in [2.24, 2.45) is 0 Å². The van der Waals surface area contributed by atoms with Gasteiger partial charge in [-0.15, -0.1) is 0 Å². The first-order valence-electron chi connectivity index (χ1n) is 5.32. The normalized spacial score (nSPS) is 10.6. The topological polar surface area (TPSA) is 112 Å². The van der Waals surface area contributed by atoms with Crippen LogP contribution in [0.1, 0.15) is 16.8 Å². The summed E-state index contributed by atoms with van der Waals surface area (Å²) in [5, 5.41) is 20.8. The summed E-state index contributed by atoms with van der Waals surface area (Å²) < 4.78 is 0. The fraction of sp³-hybridized carbons (Fsp3) is 0.182. The lowest BCUT2D eigenvalue weighted by Gasteiger charge is -2.05. The van der Waals surface area contributed by atoms with Crippen LogP contribution < -0.4 is 5.69 Å². The summed E-state index contributed by atoms with van der Waals surface area (Å²) in [6.45, 7) is 1.66. The predicted molar refractivity (Wildman–Crippen MR) is 68.7 cm³/mol. The molecule has 0 aliphatic rings. The van der Waals surface area contributed by atoms with E-state index in [-0.39, 0.29) is 23.7 Å². The zero-order valence-electron chi connectivity index (χ0n) is 9.86. The number of aromatic nitrogens is 2. The molecule has 1 aromatic carbocycles. The van der Waals surface area contributed by atoms with Crippen LogP contribution in [0, 0.1) is 17.0 Å². The highest BCUT2D eigenvalue weighted by molar-refractivity contribution is 6.31. The van der Waals surface area contributed by atoms with Crippen LogP contribution in [-0.2, 0) is 6.42 Å². The molecule has 0 aliphatic heterocycles. The Morgan fingerprint density at radius 2 is 2.11 bits per heavy atom. The largest absolute Gasteiger partial charge is 0.493 e. The number of benzene rings is 1. The number of hydrogen-bond donors (Lipinski definition) is 3. The SMILES string of the molecule is Cc1cc([N+](=O)[O-])c(Cc2[nH]c(=O)[nH]c2O)cc1Cl. The van der Waals surface area contributed by atoms with Crippen LogP contribution >= 0.6 is 11.6 Å². The Hall–Kier alpha value is -2.28. The maximum Gasteiger partial charge on any atom is 0.325 e. The highest BCUT2D eigenvalue weighted by Crippen LogP contribution is 2.29. The third-order valence-corrected chi connectivity index (χ3v) is 3.11. The summed E-state index contributed by atoms with van der Waals surface area (Å²) in [5.41, 5.74) is 0.389. The van der Waals surface area contributed by atoms with Crippen molar-refractivity contribution in [1.29, 1.82) is 0 Å². The molecule has 19 heavy (non-hydrogen) atoms. The van der Waals surface area contributed by atoms with E-state index in [1.54, 1.807) is 6.92 Å². The van der Waals surface area contributed by atoms with E-state index in [9.17, 15) is 20.0 Å². The molecule has 3 N–H and O–H groups in total. The Bertz CT molecular complexity index is 704. The van der Waals surface area contributed by atoms with Gasteiger partial charge in [-0.2, -0.15) is 0 Å². The zero-order valence-corrected chi connectivity index (χ0v) is 10.6. The molecule has 0 saturated heterocycles. The van der Waals surface area contributed by atoms with Crippen LogP contribution in [0.2, 0.25) is 5.02 Å². The van der Waals surface area contributed by atoms with E-state index >= 15 is 0 Å². The van der Waals surface area contributed by atoms with Crippen molar-refractivity contribution in [2.75, 3.05) is 0 Å². The lowest BCUT2D eigenvalue weighted by Crippen LogP contribution is -2.02. The number of aryl methyl sites for hydroxylation is 1. The van der Waals surface area contributed by atoms with Gasteiger partial charge in [-0.3, -0.25) is 15.1 Å².